The van der Waals surface area contributed by atoms with E-state index in [1.807, 2.05) is 11.3 Å². The van der Waals surface area contributed by atoms with E-state index in [0.717, 1.165) is 6.42 Å². The zero-order valence-electron chi connectivity index (χ0n) is 40.3. The molecule has 326 valence electrons. The Morgan fingerprint density at radius 3 is 1.85 bits per heavy atom. The lowest BCUT2D eigenvalue weighted by Gasteiger charge is -2.47. The van der Waals surface area contributed by atoms with Crippen LogP contribution in [0.4, 0.5) is 27.8 Å². The minimum Gasteiger partial charge on any atom is -0.376 e. The molecular weight excluding hydrogens is 804 g/mol. The van der Waals surface area contributed by atoms with Crippen LogP contribution in [-0.2, 0) is 28.1 Å². The fraction of sp³-hybridized carbons (Fsp3) is 0.344. The van der Waals surface area contributed by atoms with Crippen LogP contribution in [0.2, 0.25) is 0 Å². The van der Waals surface area contributed by atoms with Gasteiger partial charge in [0.25, 0.3) is 0 Å². The smallest absolute Gasteiger partial charge is 0.334 e. The summed E-state index contributed by atoms with van der Waals surface area (Å²) in [6, 6.07) is 45.9. The summed E-state index contributed by atoms with van der Waals surface area (Å²) in [6.45, 7) is 24.5. The van der Waals surface area contributed by atoms with Crippen molar-refractivity contribution in [1.82, 2.24) is 0 Å². The fourth-order valence-electron chi connectivity index (χ4n) is 12.7. The molecule has 12 rings (SSSR count). The van der Waals surface area contributed by atoms with Gasteiger partial charge < -0.3 is 9.71 Å². The Labute approximate surface area is 391 Å². The maximum atomic E-state index is 2.78. The molecule has 0 amide bonds. The number of aryl methyl sites for hydroxylation is 2. The van der Waals surface area contributed by atoms with Gasteiger partial charge in [-0.1, -0.05) is 142 Å². The number of hydrogen-bond acceptors (Lipinski definition) is 3. The van der Waals surface area contributed by atoms with E-state index in [9.17, 15) is 0 Å². The lowest BCUT2D eigenvalue weighted by molar-refractivity contribution is 0.332. The predicted octanol–water partition coefficient (Wildman–Crippen LogP) is 16.3. The van der Waals surface area contributed by atoms with Gasteiger partial charge in [-0.25, -0.2) is 0 Å². The Morgan fingerprint density at radius 1 is 0.569 bits per heavy atom. The summed E-state index contributed by atoms with van der Waals surface area (Å²) in [7, 11) is 0. The number of benzene rings is 7. The molecular formula is C61H63BN2S. The van der Waals surface area contributed by atoms with E-state index in [4.69, 9.17) is 0 Å². The van der Waals surface area contributed by atoms with Gasteiger partial charge in [-0.15, -0.1) is 11.3 Å². The summed E-state index contributed by atoms with van der Waals surface area (Å²) in [5.41, 5.74) is 20.0. The summed E-state index contributed by atoms with van der Waals surface area (Å²) in [4.78, 5) is 5.54. The Hall–Kier alpha value is -5.32. The first-order valence-electron chi connectivity index (χ1n) is 24.6. The highest BCUT2D eigenvalue weighted by Gasteiger charge is 2.49. The topological polar surface area (TPSA) is 6.48 Å². The van der Waals surface area contributed by atoms with Crippen molar-refractivity contribution < 1.29 is 0 Å². The summed E-state index contributed by atoms with van der Waals surface area (Å²) in [6.07, 6.45) is 8.30. The van der Waals surface area contributed by atoms with Crippen molar-refractivity contribution in [3.8, 4) is 11.1 Å². The van der Waals surface area contributed by atoms with Gasteiger partial charge in [0.1, 0.15) is 0 Å². The number of nitrogens with zero attached hydrogens (tertiary/aromatic N) is 2. The lowest BCUT2D eigenvalue weighted by Crippen LogP contribution is -2.61. The monoisotopic (exact) mass is 866 g/mol. The third-order valence-electron chi connectivity index (χ3n) is 16.9. The molecule has 0 fully saturated rings. The summed E-state index contributed by atoms with van der Waals surface area (Å²) >= 11 is 2.04. The van der Waals surface area contributed by atoms with Gasteiger partial charge in [0.2, 0.25) is 0 Å². The van der Waals surface area contributed by atoms with Gasteiger partial charge in [-0.05, 0) is 181 Å². The van der Waals surface area contributed by atoms with E-state index in [0.29, 0.717) is 0 Å². The molecule has 4 heteroatoms. The first-order valence-corrected chi connectivity index (χ1v) is 25.4. The Morgan fingerprint density at radius 2 is 1.17 bits per heavy atom. The second-order valence-electron chi connectivity index (χ2n) is 22.9. The average Bonchev–Trinajstić information content (AvgIpc) is 3.67. The van der Waals surface area contributed by atoms with Crippen LogP contribution < -0.4 is 20.6 Å². The quantitative estimate of drug-likeness (QED) is 0.159. The van der Waals surface area contributed by atoms with Gasteiger partial charge in [0.05, 0.1) is 16.4 Å². The maximum Gasteiger partial charge on any atom is 0.334 e. The molecule has 0 bridgehead atoms. The molecule has 7 aromatic carbocycles. The molecule has 0 saturated heterocycles. The molecule has 65 heavy (non-hydrogen) atoms. The van der Waals surface area contributed by atoms with E-state index >= 15 is 0 Å². The molecule has 3 heterocycles. The molecule has 0 N–H and O–H groups in total. The van der Waals surface area contributed by atoms with Crippen molar-refractivity contribution in [1.29, 1.82) is 0 Å². The Bertz CT molecular complexity index is 3290. The molecule has 1 aromatic heterocycles. The largest absolute Gasteiger partial charge is 0.376 e. The van der Waals surface area contributed by atoms with Crippen LogP contribution >= 0.6 is 11.3 Å². The van der Waals surface area contributed by atoms with E-state index < -0.39 is 0 Å². The number of anilines is 5. The number of rotatable bonds is 5. The SMILES string of the molecule is CCCCc1ccc(N2B3c4c(cc5ccccc5c4N(c4cc5c(cc4C)C(C)(C)CCC5(C)C)c4sc5cc6c(cc5c43)C(C)(C)CCC6(C)C)-c3c2ccc2ccccc32)cc1. The molecule has 0 saturated carbocycles. The van der Waals surface area contributed by atoms with Crippen molar-refractivity contribution in [2.24, 2.45) is 0 Å². The molecule has 0 radical (unpaired) electrons. The van der Waals surface area contributed by atoms with Gasteiger partial charge in [0.15, 0.2) is 0 Å². The first-order chi connectivity index (χ1) is 31.1. The Kier molecular flexibility index (Phi) is 8.92. The van der Waals surface area contributed by atoms with Crippen LogP contribution in [0.5, 0.6) is 0 Å². The molecule has 2 nitrogen and oxygen atoms in total. The van der Waals surface area contributed by atoms with Crippen molar-refractivity contribution in [3.63, 3.8) is 0 Å². The van der Waals surface area contributed by atoms with Crippen LogP contribution in [0.3, 0.4) is 0 Å². The molecule has 4 aliphatic rings. The number of fused-ring (bicyclic) bond motifs is 12. The third-order valence-corrected chi connectivity index (χ3v) is 18.0. The van der Waals surface area contributed by atoms with Crippen LogP contribution in [0.1, 0.15) is 134 Å². The Balaban J connectivity index is 1.26. The summed E-state index contributed by atoms with van der Waals surface area (Å²) in [5, 5.41) is 7.98. The van der Waals surface area contributed by atoms with Crippen molar-refractivity contribution in [2.75, 3.05) is 9.71 Å². The van der Waals surface area contributed by atoms with Crippen LogP contribution in [-0.4, -0.2) is 6.85 Å². The zero-order chi connectivity index (χ0) is 44.9. The van der Waals surface area contributed by atoms with E-state index in [1.54, 1.807) is 0 Å². The second kappa shape index (κ2) is 14.1. The predicted molar refractivity (Wildman–Crippen MR) is 284 cm³/mol. The minimum absolute atomic E-state index is 0.0502. The standard InChI is InChI=1S/C61H63BN2S/c1-11-12-17-38-22-25-41(26-23-38)64-50-27-24-39-18-13-15-20-42(39)53(50)45-33-40-19-14-16-21-43(40)56-54(45)62(64)55-44-34-47-49(61(9,10)31-29-59(47,5)6)36-52(44)65-57(55)63(56)51-35-48-46(32-37(51)2)58(3,4)28-30-60(48,7)8/h13-16,18-27,32-36H,11-12,17,28-31H2,1-10H3. The highest BCUT2D eigenvalue weighted by Crippen LogP contribution is 2.57. The summed E-state index contributed by atoms with van der Waals surface area (Å²) < 4.78 is 1.40. The van der Waals surface area contributed by atoms with E-state index in [-0.39, 0.29) is 28.5 Å². The normalized spacial score (nSPS) is 18.3. The highest BCUT2D eigenvalue weighted by atomic mass is 32.1. The van der Waals surface area contributed by atoms with E-state index in [2.05, 4.69) is 194 Å². The third kappa shape index (κ3) is 5.97. The van der Waals surface area contributed by atoms with Gasteiger partial charge in [0, 0.05) is 27.0 Å². The molecule has 2 aliphatic heterocycles. The fourth-order valence-corrected chi connectivity index (χ4v) is 14.0. The van der Waals surface area contributed by atoms with Crippen molar-refractivity contribution in [2.45, 2.75) is 136 Å². The van der Waals surface area contributed by atoms with Crippen LogP contribution in [0, 0.1) is 6.92 Å². The van der Waals surface area contributed by atoms with Gasteiger partial charge in [-0.2, -0.15) is 0 Å². The molecule has 8 aromatic rings. The van der Waals surface area contributed by atoms with Gasteiger partial charge >= 0.3 is 6.85 Å². The van der Waals surface area contributed by atoms with Crippen molar-refractivity contribution >= 4 is 88.5 Å². The van der Waals surface area contributed by atoms with Crippen LogP contribution in [0.15, 0.2) is 115 Å². The molecule has 0 spiro atoms. The van der Waals surface area contributed by atoms with Crippen molar-refractivity contribution in [3.05, 3.63) is 149 Å². The first kappa shape index (κ1) is 41.1. The second-order valence-corrected chi connectivity index (χ2v) is 23.9. The number of thiophene rings is 1. The van der Waals surface area contributed by atoms with E-state index in [1.165, 1.54) is 153 Å². The minimum atomic E-state index is -0.0502. The zero-order valence-corrected chi connectivity index (χ0v) is 41.1. The average molecular weight is 867 g/mol. The highest BCUT2D eigenvalue weighted by molar-refractivity contribution is 7.26. The van der Waals surface area contributed by atoms with Gasteiger partial charge in [-0.3, -0.25) is 0 Å². The number of unbranched alkanes of at least 4 members (excludes halogenated alkanes) is 1. The van der Waals surface area contributed by atoms with Crippen LogP contribution in [0.25, 0.3) is 42.8 Å². The molecule has 0 atom stereocenters. The molecule has 2 aliphatic carbocycles. The number of hydrogen-bond donors (Lipinski definition) is 0. The maximum absolute atomic E-state index is 2.78. The summed E-state index contributed by atoms with van der Waals surface area (Å²) in [5.74, 6) is 0. The molecule has 0 unspecified atom stereocenters. The lowest BCUT2D eigenvalue weighted by atomic mass is 9.43.